The summed E-state index contributed by atoms with van der Waals surface area (Å²) in [5, 5.41) is 10.9. The third-order valence-electron chi connectivity index (χ3n) is 3.64. The Bertz CT molecular complexity index is 569. The number of aliphatic hydroxyl groups is 1. The Labute approximate surface area is 134 Å². The van der Waals surface area contributed by atoms with Crippen molar-refractivity contribution < 1.29 is 9.84 Å². The average Bonchev–Trinajstić information content (AvgIpc) is 2.51. The van der Waals surface area contributed by atoms with E-state index in [0.717, 1.165) is 27.8 Å². The number of halogens is 1. The third kappa shape index (κ3) is 3.86. The zero-order valence-electron chi connectivity index (χ0n) is 12.4. The molecule has 0 saturated heterocycles. The second kappa shape index (κ2) is 7.62. The number of hydrogen-bond donors (Lipinski definition) is 1. The molecule has 2 unspecified atom stereocenters. The van der Waals surface area contributed by atoms with E-state index in [1.54, 1.807) is 0 Å². The highest BCUT2D eigenvalue weighted by Crippen LogP contribution is 2.38. The summed E-state index contributed by atoms with van der Waals surface area (Å²) in [7, 11) is 0. The van der Waals surface area contributed by atoms with Crippen molar-refractivity contribution in [3.8, 4) is 5.75 Å². The summed E-state index contributed by atoms with van der Waals surface area (Å²) >= 11 is 3.48. The van der Waals surface area contributed by atoms with Crippen molar-refractivity contribution in [3.63, 3.8) is 0 Å². The van der Waals surface area contributed by atoms with E-state index < -0.39 is 6.10 Å². The number of ether oxygens (including phenoxy) is 1. The Morgan fingerprint density at radius 1 is 1.10 bits per heavy atom. The highest BCUT2D eigenvalue weighted by atomic mass is 79.9. The molecule has 2 aromatic rings. The molecule has 3 heteroatoms. The largest absolute Gasteiger partial charge is 0.493 e. The molecule has 0 aliphatic heterocycles. The van der Waals surface area contributed by atoms with Gasteiger partial charge in [0.2, 0.25) is 0 Å². The lowest BCUT2D eigenvalue weighted by Crippen LogP contribution is -2.12. The Kier molecular flexibility index (Phi) is 5.83. The van der Waals surface area contributed by atoms with Crippen LogP contribution in [0.4, 0.5) is 0 Å². The molecule has 0 saturated carbocycles. The first-order valence-corrected chi connectivity index (χ1v) is 8.11. The number of hydrogen-bond acceptors (Lipinski definition) is 2. The van der Waals surface area contributed by atoms with E-state index in [-0.39, 0.29) is 5.92 Å². The maximum absolute atomic E-state index is 10.9. The zero-order chi connectivity index (χ0) is 15.2. The molecule has 1 N–H and O–H groups in total. The van der Waals surface area contributed by atoms with Gasteiger partial charge < -0.3 is 9.84 Å². The molecule has 2 atom stereocenters. The van der Waals surface area contributed by atoms with Crippen LogP contribution < -0.4 is 4.74 Å². The molecular weight excluding hydrogens is 328 g/mol. The van der Waals surface area contributed by atoms with Crippen LogP contribution in [0.25, 0.3) is 0 Å². The Morgan fingerprint density at radius 2 is 1.81 bits per heavy atom. The van der Waals surface area contributed by atoms with Gasteiger partial charge in [0.1, 0.15) is 5.75 Å². The van der Waals surface area contributed by atoms with Gasteiger partial charge in [0, 0.05) is 16.0 Å². The van der Waals surface area contributed by atoms with Gasteiger partial charge in [0.25, 0.3) is 0 Å². The lowest BCUT2D eigenvalue weighted by Gasteiger charge is -2.24. The van der Waals surface area contributed by atoms with Crippen molar-refractivity contribution in [1.82, 2.24) is 0 Å². The van der Waals surface area contributed by atoms with Gasteiger partial charge in [0.15, 0.2) is 0 Å². The summed E-state index contributed by atoms with van der Waals surface area (Å²) in [6, 6.07) is 15.9. The topological polar surface area (TPSA) is 29.5 Å². The fourth-order valence-corrected chi connectivity index (χ4v) is 2.97. The summed E-state index contributed by atoms with van der Waals surface area (Å²) < 4.78 is 6.61. The first-order chi connectivity index (χ1) is 10.2. The van der Waals surface area contributed by atoms with Gasteiger partial charge in [0.05, 0.1) is 12.7 Å². The first-order valence-electron chi connectivity index (χ1n) is 7.32. The van der Waals surface area contributed by atoms with E-state index in [0.29, 0.717) is 6.61 Å². The van der Waals surface area contributed by atoms with E-state index in [1.807, 2.05) is 43.3 Å². The van der Waals surface area contributed by atoms with Crippen molar-refractivity contribution >= 4 is 15.9 Å². The molecule has 0 spiro atoms. The van der Waals surface area contributed by atoms with Gasteiger partial charge in [-0.05, 0) is 37.1 Å². The van der Waals surface area contributed by atoms with Crippen LogP contribution in [0, 0.1) is 0 Å². The smallest absolute Gasteiger partial charge is 0.125 e. The molecule has 0 fully saturated rings. The maximum Gasteiger partial charge on any atom is 0.125 e. The average molecular weight is 349 g/mol. The lowest BCUT2D eigenvalue weighted by atomic mass is 9.87. The standard InChI is InChI=1S/C18H21BrO2/c1-3-15(13-8-6-5-7-9-13)18(20)16-12-14(19)10-11-17(16)21-4-2/h5-12,15,18,20H,3-4H2,1-2H3. The highest BCUT2D eigenvalue weighted by Gasteiger charge is 2.24. The van der Waals surface area contributed by atoms with Gasteiger partial charge in [-0.25, -0.2) is 0 Å². The van der Waals surface area contributed by atoms with Crippen LogP contribution in [0.1, 0.15) is 43.4 Å². The fraction of sp³-hybridized carbons (Fsp3) is 0.333. The molecule has 0 amide bonds. The zero-order valence-corrected chi connectivity index (χ0v) is 14.0. The van der Waals surface area contributed by atoms with Crippen molar-refractivity contribution in [2.75, 3.05) is 6.61 Å². The van der Waals surface area contributed by atoms with Crippen LogP contribution >= 0.6 is 15.9 Å². The first kappa shape index (κ1) is 16.1. The van der Waals surface area contributed by atoms with Crippen LogP contribution in [0.15, 0.2) is 53.0 Å². The summed E-state index contributed by atoms with van der Waals surface area (Å²) in [6.07, 6.45) is 0.278. The lowest BCUT2D eigenvalue weighted by molar-refractivity contribution is 0.138. The van der Waals surface area contributed by atoms with E-state index >= 15 is 0 Å². The molecular formula is C18H21BrO2. The number of benzene rings is 2. The predicted molar refractivity (Wildman–Crippen MR) is 89.7 cm³/mol. The number of aliphatic hydroxyl groups excluding tert-OH is 1. The van der Waals surface area contributed by atoms with Crippen LogP contribution in [0.5, 0.6) is 5.75 Å². The van der Waals surface area contributed by atoms with Gasteiger partial charge in [-0.15, -0.1) is 0 Å². The maximum atomic E-state index is 10.9. The molecule has 2 rings (SSSR count). The van der Waals surface area contributed by atoms with Crippen molar-refractivity contribution in [1.29, 1.82) is 0 Å². The van der Waals surface area contributed by atoms with Gasteiger partial charge in [-0.2, -0.15) is 0 Å². The van der Waals surface area contributed by atoms with Crippen LogP contribution in [-0.4, -0.2) is 11.7 Å². The Hall–Kier alpha value is -1.32. The molecule has 0 aromatic heterocycles. The summed E-state index contributed by atoms with van der Waals surface area (Å²) in [5.41, 5.74) is 1.98. The molecule has 2 nitrogen and oxygen atoms in total. The minimum Gasteiger partial charge on any atom is -0.493 e. The molecule has 112 valence electrons. The summed E-state index contributed by atoms with van der Waals surface area (Å²) in [6.45, 7) is 4.63. The van der Waals surface area contributed by atoms with Crippen LogP contribution in [-0.2, 0) is 0 Å². The SMILES string of the molecule is CCOc1ccc(Br)cc1C(O)C(CC)c1ccccc1. The van der Waals surface area contributed by atoms with Crippen molar-refractivity contribution in [2.24, 2.45) is 0 Å². The van der Waals surface area contributed by atoms with E-state index in [9.17, 15) is 5.11 Å². The molecule has 0 aliphatic carbocycles. The quantitative estimate of drug-likeness (QED) is 0.789. The second-order valence-corrected chi connectivity index (χ2v) is 5.90. The third-order valence-corrected chi connectivity index (χ3v) is 4.13. The molecule has 0 bridgehead atoms. The minimum atomic E-state index is -0.587. The van der Waals surface area contributed by atoms with Crippen molar-refractivity contribution in [3.05, 3.63) is 64.1 Å². The minimum absolute atomic E-state index is 0.0553. The monoisotopic (exact) mass is 348 g/mol. The van der Waals surface area contributed by atoms with Gasteiger partial charge in [-0.1, -0.05) is 53.2 Å². The molecule has 0 aliphatic rings. The van der Waals surface area contributed by atoms with Crippen LogP contribution in [0.3, 0.4) is 0 Å². The summed E-state index contributed by atoms with van der Waals surface area (Å²) in [5.74, 6) is 0.808. The van der Waals surface area contributed by atoms with E-state index in [2.05, 4.69) is 35.0 Å². The normalized spacial score (nSPS) is 13.7. The molecule has 0 radical (unpaired) electrons. The Balaban J connectivity index is 2.37. The summed E-state index contributed by atoms with van der Waals surface area (Å²) in [4.78, 5) is 0. The highest BCUT2D eigenvalue weighted by molar-refractivity contribution is 9.10. The van der Waals surface area contributed by atoms with Gasteiger partial charge >= 0.3 is 0 Å². The Morgan fingerprint density at radius 3 is 2.43 bits per heavy atom. The van der Waals surface area contributed by atoms with E-state index in [1.165, 1.54) is 0 Å². The van der Waals surface area contributed by atoms with Gasteiger partial charge in [-0.3, -0.25) is 0 Å². The second-order valence-electron chi connectivity index (χ2n) is 4.99. The fourth-order valence-electron chi connectivity index (χ4n) is 2.60. The molecule has 21 heavy (non-hydrogen) atoms. The predicted octanol–water partition coefficient (Wildman–Crippen LogP) is 5.08. The van der Waals surface area contributed by atoms with E-state index in [4.69, 9.17) is 4.74 Å². The van der Waals surface area contributed by atoms with Crippen molar-refractivity contribution in [2.45, 2.75) is 32.3 Å². The van der Waals surface area contributed by atoms with Crippen LogP contribution in [0.2, 0.25) is 0 Å². The molecule has 0 heterocycles. The molecule has 2 aromatic carbocycles. The number of rotatable bonds is 6.